The minimum Gasteiger partial charge on any atom is -0.384 e. The van der Waals surface area contributed by atoms with E-state index in [1.54, 1.807) is 7.11 Å². The second-order valence-electron chi connectivity index (χ2n) is 4.50. The lowest BCUT2D eigenvalue weighted by Gasteiger charge is -2.18. The van der Waals surface area contributed by atoms with Gasteiger partial charge in [0.1, 0.15) is 5.82 Å². The quantitative estimate of drug-likeness (QED) is 0.854. The Balaban J connectivity index is 2.10. The van der Waals surface area contributed by atoms with E-state index in [0.717, 1.165) is 31.2 Å². The Morgan fingerprint density at radius 1 is 1.53 bits per heavy atom. The Hall–Kier alpha value is -1.36. The van der Waals surface area contributed by atoms with Gasteiger partial charge in [0.05, 0.1) is 6.61 Å². The smallest absolute Gasteiger partial charge is 0.224 e. The minimum atomic E-state index is 0.619. The molecule has 94 valence electrons. The molecule has 0 radical (unpaired) electrons. The second-order valence-corrected chi connectivity index (χ2v) is 4.50. The number of aryl methyl sites for hydroxylation is 1. The van der Waals surface area contributed by atoms with Crippen LogP contribution in [0.25, 0.3) is 0 Å². The van der Waals surface area contributed by atoms with E-state index < -0.39 is 0 Å². The van der Waals surface area contributed by atoms with Crippen LogP contribution in [0.1, 0.15) is 12.1 Å². The van der Waals surface area contributed by atoms with Gasteiger partial charge in [-0.2, -0.15) is 4.98 Å². The van der Waals surface area contributed by atoms with Crippen LogP contribution < -0.4 is 10.2 Å². The van der Waals surface area contributed by atoms with E-state index in [0.29, 0.717) is 11.9 Å². The van der Waals surface area contributed by atoms with Gasteiger partial charge < -0.3 is 15.0 Å². The van der Waals surface area contributed by atoms with Gasteiger partial charge in [-0.05, 0) is 13.3 Å². The van der Waals surface area contributed by atoms with E-state index in [1.807, 2.05) is 20.0 Å². The molecule has 0 saturated carbocycles. The Labute approximate surface area is 102 Å². The van der Waals surface area contributed by atoms with Crippen molar-refractivity contribution in [2.24, 2.45) is 5.92 Å². The van der Waals surface area contributed by atoms with Gasteiger partial charge >= 0.3 is 0 Å². The average molecular weight is 236 g/mol. The monoisotopic (exact) mass is 236 g/mol. The third-order valence-corrected chi connectivity index (χ3v) is 3.08. The summed E-state index contributed by atoms with van der Waals surface area (Å²) < 4.78 is 5.21. The molecule has 0 bridgehead atoms. The summed E-state index contributed by atoms with van der Waals surface area (Å²) in [6.45, 7) is 4.90. The van der Waals surface area contributed by atoms with Crippen LogP contribution in [0.3, 0.4) is 0 Å². The molecule has 1 unspecified atom stereocenters. The molecule has 0 amide bonds. The zero-order valence-corrected chi connectivity index (χ0v) is 10.7. The van der Waals surface area contributed by atoms with Crippen LogP contribution in [0, 0.1) is 12.8 Å². The largest absolute Gasteiger partial charge is 0.384 e. The highest BCUT2D eigenvalue weighted by molar-refractivity contribution is 5.45. The molecule has 1 aliphatic rings. The Morgan fingerprint density at radius 3 is 3.06 bits per heavy atom. The van der Waals surface area contributed by atoms with Gasteiger partial charge in [0.2, 0.25) is 5.95 Å². The first-order chi connectivity index (χ1) is 8.22. The van der Waals surface area contributed by atoms with Crippen LogP contribution in [-0.2, 0) is 4.74 Å². The molecular weight excluding hydrogens is 216 g/mol. The van der Waals surface area contributed by atoms with E-state index in [-0.39, 0.29) is 0 Å². The Morgan fingerprint density at radius 2 is 2.35 bits per heavy atom. The van der Waals surface area contributed by atoms with Gasteiger partial charge in [0.25, 0.3) is 0 Å². The first-order valence-corrected chi connectivity index (χ1v) is 6.00. The highest BCUT2D eigenvalue weighted by Gasteiger charge is 2.23. The van der Waals surface area contributed by atoms with Gasteiger partial charge in [0.15, 0.2) is 0 Å². The fourth-order valence-corrected chi connectivity index (χ4v) is 2.24. The first kappa shape index (κ1) is 12.1. The van der Waals surface area contributed by atoms with Crippen LogP contribution in [0.2, 0.25) is 0 Å². The summed E-state index contributed by atoms with van der Waals surface area (Å²) in [6, 6.07) is 2.04. The number of methoxy groups -OCH3 is 1. The molecule has 17 heavy (non-hydrogen) atoms. The summed E-state index contributed by atoms with van der Waals surface area (Å²) in [5.74, 6) is 2.32. The molecule has 0 aliphatic carbocycles. The molecule has 1 N–H and O–H groups in total. The van der Waals surface area contributed by atoms with Crippen molar-refractivity contribution in [1.29, 1.82) is 0 Å². The van der Waals surface area contributed by atoms with Gasteiger partial charge in [-0.3, -0.25) is 0 Å². The molecule has 1 saturated heterocycles. The van der Waals surface area contributed by atoms with Crippen LogP contribution in [-0.4, -0.2) is 43.8 Å². The Kier molecular flexibility index (Phi) is 3.78. The molecule has 1 fully saturated rings. The molecule has 2 heterocycles. The molecule has 1 aromatic heterocycles. The van der Waals surface area contributed by atoms with Crippen molar-refractivity contribution >= 4 is 11.8 Å². The fourth-order valence-electron chi connectivity index (χ4n) is 2.24. The minimum absolute atomic E-state index is 0.619. The molecule has 1 atom stereocenters. The van der Waals surface area contributed by atoms with Crippen molar-refractivity contribution in [2.45, 2.75) is 13.3 Å². The molecule has 1 aliphatic heterocycles. The lowest BCUT2D eigenvalue weighted by molar-refractivity contribution is 0.161. The van der Waals surface area contributed by atoms with E-state index >= 15 is 0 Å². The molecule has 5 heteroatoms. The summed E-state index contributed by atoms with van der Waals surface area (Å²) in [5.41, 5.74) is 0.995. The van der Waals surface area contributed by atoms with Crippen molar-refractivity contribution in [3.63, 3.8) is 0 Å². The molecule has 0 spiro atoms. The Bertz CT molecular complexity index is 383. The lowest BCUT2D eigenvalue weighted by Crippen LogP contribution is -2.22. The molecule has 1 aromatic rings. The van der Waals surface area contributed by atoms with E-state index in [1.165, 1.54) is 6.42 Å². The number of ether oxygens (including phenoxy) is 1. The van der Waals surface area contributed by atoms with Crippen LogP contribution in [0.4, 0.5) is 11.8 Å². The normalized spacial score (nSPS) is 19.7. The summed E-state index contributed by atoms with van der Waals surface area (Å²) in [7, 11) is 3.60. The van der Waals surface area contributed by atoms with Gasteiger partial charge in [0, 0.05) is 44.9 Å². The topological polar surface area (TPSA) is 50.3 Å². The maximum atomic E-state index is 5.21. The molecular formula is C12H20N4O. The predicted octanol–water partition coefficient (Wildman–Crippen LogP) is 1.30. The number of nitrogens with zero attached hydrogens (tertiary/aromatic N) is 3. The fraction of sp³-hybridized carbons (Fsp3) is 0.667. The average Bonchev–Trinajstić information content (AvgIpc) is 2.77. The number of hydrogen-bond acceptors (Lipinski definition) is 5. The van der Waals surface area contributed by atoms with Crippen molar-refractivity contribution in [3.05, 3.63) is 11.8 Å². The number of nitrogens with one attached hydrogen (secondary N) is 1. The predicted molar refractivity (Wildman–Crippen MR) is 68.5 cm³/mol. The SMILES string of the molecule is CNc1nc(C)cc(N2CCC(COC)C2)n1. The summed E-state index contributed by atoms with van der Waals surface area (Å²) >= 11 is 0. The van der Waals surface area contributed by atoms with Gasteiger partial charge in [-0.15, -0.1) is 0 Å². The lowest BCUT2D eigenvalue weighted by atomic mass is 10.1. The number of aromatic nitrogens is 2. The maximum Gasteiger partial charge on any atom is 0.224 e. The first-order valence-electron chi connectivity index (χ1n) is 6.00. The zero-order chi connectivity index (χ0) is 12.3. The summed E-state index contributed by atoms with van der Waals surface area (Å²) in [4.78, 5) is 11.1. The third-order valence-electron chi connectivity index (χ3n) is 3.08. The third kappa shape index (κ3) is 2.85. The second kappa shape index (κ2) is 5.31. The molecule has 2 rings (SSSR count). The highest BCUT2D eigenvalue weighted by Crippen LogP contribution is 2.23. The maximum absolute atomic E-state index is 5.21. The van der Waals surface area contributed by atoms with E-state index in [4.69, 9.17) is 4.74 Å². The molecule has 5 nitrogen and oxygen atoms in total. The van der Waals surface area contributed by atoms with E-state index in [9.17, 15) is 0 Å². The van der Waals surface area contributed by atoms with Crippen molar-refractivity contribution in [2.75, 3.05) is 44.1 Å². The van der Waals surface area contributed by atoms with Crippen LogP contribution in [0.15, 0.2) is 6.07 Å². The molecule has 0 aromatic carbocycles. The summed E-state index contributed by atoms with van der Waals surface area (Å²) in [5, 5.41) is 2.99. The van der Waals surface area contributed by atoms with Crippen molar-refractivity contribution in [1.82, 2.24) is 9.97 Å². The van der Waals surface area contributed by atoms with Crippen LogP contribution >= 0.6 is 0 Å². The number of anilines is 2. The van der Waals surface area contributed by atoms with Crippen molar-refractivity contribution in [3.8, 4) is 0 Å². The van der Waals surface area contributed by atoms with Crippen LogP contribution in [0.5, 0.6) is 0 Å². The number of hydrogen-bond donors (Lipinski definition) is 1. The highest BCUT2D eigenvalue weighted by atomic mass is 16.5. The van der Waals surface area contributed by atoms with Crippen molar-refractivity contribution < 1.29 is 4.74 Å². The number of rotatable bonds is 4. The zero-order valence-electron chi connectivity index (χ0n) is 10.7. The van der Waals surface area contributed by atoms with Gasteiger partial charge in [-0.25, -0.2) is 4.98 Å². The standard InChI is InChI=1S/C12H20N4O/c1-9-6-11(15-12(13-2)14-9)16-5-4-10(7-16)8-17-3/h6,10H,4-5,7-8H2,1-3H3,(H,13,14,15). The summed E-state index contributed by atoms with van der Waals surface area (Å²) in [6.07, 6.45) is 1.17. The van der Waals surface area contributed by atoms with E-state index in [2.05, 4.69) is 20.2 Å². The van der Waals surface area contributed by atoms with Gasteiger partial charge in [-0.1, -0.05) is 0 Å².